The zero-order chi connectivity index (χ0) is 16.0. The first-order valence-electron chi connectivity index (χ1n) is 6.69. The van der Waals surface area contributed by atoms with E-state index in [1.54, 1.807) is 13.1 Å². The van der Waals surface area contributed by atoms with E-state index in [-0.39, 0.29) is 11.8 Å². The number of nitrogens with zero attached hydrogens (tertiary/aromatic N) is 2. The summed E-state index contributed by atoms with van der Waals surface area (Å²) in [4.78, 5) is 17.0. The van der Waals surface area contributed by atoms with E-state index in [4.69, 9.17) is 12.2 Å². The molecule has 2 heterocycles. The topological polar surface area (TPSA) is 54.6 Å². The number of aryl methyl sites for hydroxylation is 2. The molecule has 0 fully saturated rings. The summed E-state index contributed by atoms with van der Waals surface area (Å²) in [5.74, 6) is -0.240. The van der Waals surface area contributed by atoms with Crippen molar-refractivity contribution in [2.24, 2.45) is 12.0 Å². The molecular weight excluding hydrogens is 316 g/mol. The number of fused-ring (bicyclic) bond motifs is 1. The number of amides is 1. The lowest BCUT2D eigenvalue weighted by molar-refractivity contribution is -0.114. The fraction of sp³-hybridized carbons (Fsp3) is 0.188. The third-order valence-electron chi connectivity index (χ3n) is 3.54. The van der Waals surface area contributed by atoms with Crippen molar-refractivity contribution in [2.75, 3.05) is 0 Å². The van der Waals surface area contributed by atoms with Crippen LogP contribution in [0.4, 0.5) is 0 Å². The van der Waals surface area contributed by atoms with Gasteiger partial charge in [0.05, 0.1) is 10.2 Å². The highest BCUT2D eigenvalue weighted by Crippen LogP contribution is 2.27. The van der Waals surface area contributed by atoms with Crippen LogP contribution in [0.5, 0.6) is 5.88 Å². The first kappa shape index (κ1) is 14.9. The van der Waals surface area contributed by atoms with E-state index in [1.165, 1.54) is 15.9 Å². The monoisotopic (exact) mass is 330 g/mol. The molecular formula is C16H14N2O2S2. The number of carbonyl (C=O) groups excluding carboxylic acids is 1. The van der Waals surface area contributed by atoms with Crippen LogP contribution in [-0.4, -0.2) is 15.6 Å². The number of rotatable bonds is 1. The van der Waals surface area contributed by atoms with Gasteiger partial charge in [-0.3, -0.25) is 9.36 Å². The van der Waals surface area contributed by atoms with E-state index < -0.39 is 0 Å². The molecule has 0 aliphatic carbocycles. The second-order valence-corrected chi connectivity index (χ2v) is 6.97. The van der Waals surface area contributed by atoms with E-state index in [2.05, 4.69) is 4.99 Å². The van der Waals surface area contributed by atoms with Gasteiger partial charge in [0.15, 0.2) is 3.95 Å². The number of benzene rings is 1. The maximum Gasteiger partial charge on any atom is 0.277 e. The van der Waals surface area contributed by atoms with Crippen LogP contribution in [0.1, 0.15) is 16.0 Å². The van der Waals surface area contributed by atoms with Crippen molar-refractivity contribution in [2.45, 2.75) is 13.8 Å². The predicted octanol–water partition coefficient (Wildman–Crippen LogP) is 2.16. The Morgan fingerprint density at radius 1 is 1.36 bits per heavy atom. The molecule has 0 unspecified atom stereocenters. The summed E-state index contributed by atoms with van der Waals surface area (Å²) in [6, 6.07) is 4.01. The Labute approximate surface area is 136 Å². The van der Waals surface area contributed by atoms with Crippen LogP contribution in [-0.2, 0) is 11.8 Å². The van der Waals surface area contributed by atoms with Crippen LogP contribution in [0, 0.1) is 17.8 Å². The summed E-state index contributed by atoms with van der Waals surface area (Å²) in [5, 5.41) is 11.7. The van der Waals surface area contributed by atoms with Gasteiger partial charge in [-0.25, -0.2) is 4.99 Å². The van der Waals surface area contributed by atoms with Gasteiger partial charge in [-0.2, -0.15) is 0 Å². The fourth-order valence-corrected chi connectivity index (χ4v) is 3.63. The average molecular weight is 330 g/mol. The van der Waals surface area contributed by atoms with Crippen LogP contribution in [0.25, 0.3) is 12.2 Å². The zero-order valence-corrected chi connectivity index (χ0v) is 14.0. The lowest BCUT2D eigenvalue weighted by atomic mass is 10.0. The maximum absolute atomic E-state index is 12.2. The number of aromatic nitrogens is 1. The number of thiazole rings is 1. The summed E-state index contributed by atoms with van der Waals surface area (Å²) in [5.41, 5.74) is 2.55. The highest BCUT2D eigenvalue weighted by molar-refractivity contribution is 7.73. The lowest BCUT2D eigenvalue weighted by Crippen LogP contribution is -2.33. The number of hydrogen-bond donors (Lipinski definition) is 1. The molecule has 0 radical (unpaired) electrons. The van der Waals surface area contributed by atoms with E-state index in [0.717, 1.165) is 21.7 Å². The molecule has 4 nitrogen and oxygen atoms in total. The zero-order valence-electron chi connectivity index (χ0n) is 12.4. The smallest absolute Gasteiger partial charge is 0.277 e. The SMILES string of the molecule is Cc1cc(C)c2c(c1)=C/C(=C\c1sc(=S)n(C)c1O)C(=O)N=2. The third-order valence-corrected chi connectivity index (χ3v) is 5.03. The summed E-state index contributed by atoms with van der Waals surface area (Å²) >= 11 is 6.39. The standard InChI is InChI=1S/C16H14N2O2S2/c1-8-4-9(2)13-10(5-8)6-11(14(19)17-13)7-12-15(20)18(3)16(21)22-12/h4-7,20H,1-3H3/b11-7+. The molecule has 112 valence electrons. The Hall–Kier alpha value is -2.05. The number of aromatic hydroxyl groups is 1. The van der Waals surface area contributed by atoms with Crippen molar-refractivity contribution in [3.63, 3.8) is 0 Å². The molecule has 3 rings (SSSR count). The molecule has 0 saturated heterocycles. The Morgan fingerprint density at radius 3 is 2.73 bits per heavy atom. The normalized spacial score (nSPS) is 15.4. The Morgan fingerprint density at radius 2 is 2.09 bits per heavy atom. The van der Waals surface area contributed by atoms with Crippen LogP contribution < -0.4 is 10.6 Å². The first-order valence-corrected chi connectivity index (χ1v) is 7.92. The Balaban J connectivity index is 2.23. The van der Waals surface area contributed by atoms with Gasteiger partial charge < -0.3 is 5.11 Å². The van der Waals surface area contributed by atoms with Crippen molar-refractivity contribution in [1.82, 2.24) is 4.57 Å². The largest absolute Gasteiger partial charge is 0.493 e. The summed E-state index contributed by atoms with van der Waals surface area (Å²) in [6.07, 6.45) is 3.45. The first-order chi connectivity index (χ1) is 10.4. The molecule has 0 atom stereocenters. The molecule has 22 heavy (non-hydrogen) atoms. The van der Waals surface area contributed by atoms with Gasteiger partial charge in [0.1, 0.15) is 0 Å². The average Bonchev–Trinajstić information content (AvgIpc) is 2.68. The minimum atomic E-state index is -0.305. The van der Waals surface area contributed by atoms with Crippen LogP contribution in [0.3, 0.4) is 0 Å². The molecule has 1 aliphatic rings. The summed E-state index contributed by atoms with van der Waals surface area (Å²) in [7, 11) is 1.69. The number of carbonyl (C=O) groups is 1. The molecule has 1 aromatic heterocycles. The highest BCUT2D eigenvalue weighted by Gasteiger charge is 2.14. The molecule has 2 aromatic rings. The predicted molar refractivity (Wildman–Crippen MR) is 89.9 cm³/mol. The molecule has 0 spiro atoms. The van der Waals surface area contributed by atoms with Crippen molar-refractivity contribution in [1.29, 1.82) is 0 Å². The van der Waals surface area contributed by atoms with E-state index in [0.29, 0.717) is 14.4 Å². The molecule has 0 bridgehead atoms. The minimum absolute atomic E-state index is 0.0647. The molecule has 1 aromatic carbocycles. The molecule has 1 aliphatic heterocycles. The van der Waals surface area contributed by atoms with E-state index in [9.17, 15) is 9.90 Å². The van der Waals surface area contributed by atoms with Gasteiger partial charge in [0, 0.05) is 17.8 Å². The molecule has 1 amide bonds. The quantitative estimate of drug-likeness (QED) is 0.644. The summed E-state index contributed by atoms with van der Waals surface area (Å²) < 4.78 is 2.07. The molecule has 6 heteroatoms. The molecule has 1 N–H and O–H groups in total. The highest BCUT2D eigenvalue weighted by atomic mass is 32.1. The molecule has 0 saturated carbocycles. The van der Waals surface area contributed by atoms with Gasteiger partial charge in [-0.15, -0.1) is 11.3 Å². The number of hydrogen-bond acceptors (Lipinski definition) is 4. The summed E-state index contributed by atoms with van der Waals surface area (Å²) in [6.45, 7) is 3.95. The van der Waals surface area contributed by atoms with Crippen molar-refractivity contribution < 1.29 is 9.90 Å². The van der Waals surface area contributed by atoms with Crippen molar-refractivity contribution in [3.05, 3.63) is 48.2 Å². The van der Waals surface area contributed by atoms with Gasteiger partial charge >= 0.3 is 0 Å². The van der Waals surface area contributed by atoms with E-state index >= 15 is 0 Å². The van der Waals surface area contributed by atoms with Crippen LogP contribution in [0.2, 0.25) is 0 Å². The van der Waals surface area contributed by atoms with E-state index in [1.807, 2.05) is 32.1 Å². The fourth-order valence-electron chi connectivity index (χ4n) is 2.45. The van der Waals surface area contributed by atoms with Gasteiger partial charge in [0.2, 0.25) is 5.88 Å². The Bertz CT molecular complexity index is 1010. The van der Waals surface area contributed by atoms with Gasteiger partial charge in [0.25, 0.3) is 5.91 Å². The van der Waals surface area contributed by atoms with Crippen LogP contribution >= 0.6 is 23.6 Å². The second-order valence-electron chi connectivity index (χ2n) is 5.30. The third kappa shape index (κ3) is 2.44. The Kier molecular flexibility index (Phi) is 3.58. The lowest BCUT2D eigenvalue weighted by Gasteiger charge is -2.06. The minimum Gasteiger partial charge on any atom is -0.493 e. The van der Waals surface area contributed by atoms with Crippen molar-refractivity contribution >= 4 is 41.6 Å². The van der Waals surface area contributed by atoms with Gasteiger partial charge in [-0.05, 0) is 49.8 Å². The second kappa shape index (κ2) is 5.30. The van der Waals surface area contributed by atoms with Crippen molar-refractivity contribution in [3.8, 4) is 5.88 Å². The van der Waals surface area contributed by atoms with Gasteiger partial charge in [-0.1, -0.05) is 11.6 Å². The van der Waals surface area contributed by atoms with Crippen LogP contribution in [0.15, 0.2) is 22.7 Å². The maximum atomic E-state index is 12.2.